The van der Waals surface area contributed by atoms with Gasteiger partial charge < -0.3 is 25.6 Å². The first-order valence-electron chi connectivity index (χ1n) is 12.9. The minimum Gasteiger partial charge on any atom is -0.391 e. The second-order valence-corrected chi connectivity index (χ2v) is 10.2. The summed E-state index contributed by atoms with van der Waals surface area (Å²) in [6.07, 6.45) is 6.03. The maximum Gasteiger partial charge on any atom is 0.225 e. The van der Waals surface area contributed by atoms with Crippen LogP contribution < -0.4 is 5.73 Å². The van der Waals surface area contributed by atoms with Crippen LogP contribution in [0.1, 0.15) is 50.5 Å². The summed E-state index contributed by atoms with van der Waals surface area (Å²) in [6.45, 7) is 1.83. The summed E-state index contributed by atoms with van der Waals surface area (Å²) in [5, 5.41) is 22.5. The molecule has 4 N–H and O–H groups in total. The van der Waals surface area contributed by atoms with E-state index in [-0.39, 0.29) is 23.8 Å². The highest BCUT2D eigenvalue weighted by Crippen LogP contribution is 2.43. The molecule has 1 amide bonds. The Balaban J connectivity index is 1.62. The molecule has 2 fully saturated rings. The first-order valence-corrected chi connectivity index (χ1v) is 12.9. The number of aromatic nitrogens is 1. The van der Waals surface area contributed by atoms with Crippen LogP contribution in [-0.4, -0.2) is 65.0 Å². The number of piperidine rings is 1. The van der Waals surface area contributed by atoms with E-state index < -0.39 is 11.7 Å². The normalized spacial score (nSPS) is 26.5. The largest absolute Gasteiger partial charge is 0.391 e. The second kappa shape index (κ2) is 11.6. The van der Waals surface area contributed by atoms with Crippen LogP contribution in [0.5, 0.6) is 0 Å². The van der Waals surface area contributed by atoms with Crippen LogP contribution in [0.15, 0.2) is 48.7 Å². The summed E-state index contributed by atoms with van der Waals surface area (Å²) >= 11 is 0. The van der Waals surface area contributed by atoms with Crippen LogP contribution in [-0.2, 0) is 15.1 Å². The van der Waals surface area contributed by atoms with Crippen molar-refractivity contribution in [3.63, 3.8) is 0 Å². The van der Waals surface area contributed by atoms with Gasteiger partial charge in [0.05, 0.1) is 17.4 Å². The Morgan fingerprint density at radius 2 is 2.00 bits per heavy atom. The molecule has 190 valence electrons. The number of methoxy groups -OCH3 is 1. The van der Waals surface area contributed by atoms with Crippen LogP contribution in [0.2, 0.25) is 0 Å². The van der Waals surface area contributed by atoms with Crippen molar-refractivity contribution in [1.29, 1.82) is 0 Å². The highest BCUT2D eigenvalue weighted by atomic mass is 16.5. The molecule has 7 heteroatoms. The number of nitrogens with two attached hydrogens (primary N) is 1. The lowest BCUT2D eigenvalue weighted by atomic mass is 9.72. The van der Waals surface area contributed by atoms with Crippen molar-refractivity contribution in [3.8, 4) is 11.3 Å². The van der Waals surface area contributed by atoms with E-state index in [1.54, 1.807) is 13.3 Å². The topological polar surface area (TPSA) is 109 Å². The first-order chi connectivity index (χ1) is 16.9. The number of carbonyl (C=O) groups is 1. The molecule has 7 nitrogen and oxygen atoms in total. The number of ether oxygens (including phenoxy) is 1. The van der Waals surface area contributed by atoms with Gasteiger partial charge in [0.15, 0.2) is 0 Å². The van der Waals surface area contributed by atoms with Crippen LogP contribution in [0, 0.1) is 11.8 Å². The lowest BCUT2D eigenvalue weighted by molar-refractivity contribution is -0.141. The fourth-order valence-electron chi connectivity index (χ4n) is 5.88. The third kappa shape index (κ3) is 5.75. The number of pyridine rings is 1. The van der Waals surface area contributed by atoms with E-state index in [0.29, 0.717) is 39.0 Å². The average Bonchev–Trinajstić information content (AvgIpc) is 3.24. The summed E-state index contributed by atoms with van der Waals surface area (Å²) in [4.78, 5) is 19.8. The Morgan fingerprint density at radius 1 is 1.20 bits per heavy atom. The van der Waals surface area contributed by atoms with Crippen molar-refractivity contribution < 1.29 is 19.7 Å². The van der Waals surface area contributed by atoms with Gasteiger partial charge in [0.1, 0.15) is 0 Å². The van der Waals surface area contributed by atoms with E-state index in [1.165, 1.54) is 0 Å². The van der Waals surface area contributed by atoms with Gasteiger partial charge in [-0.1, -0.05) is 30.3 Å². The molecule has 5 atom stereocenters. The van der Waals surface area contributed by atoms with Gasteiger partial charge in [0.2, 0.25) is 5.91 Å². The number of likely N-dealkylation sites (tertiary alicyclic amines) is 1. The molecule has 1 saturated carbocycles. The minimum atomic E-state index is -1.10. The van der Waals surface area contributed by atoms with Crippen molar-refractivity contribution in [2.24, 2.45) is 17.6 Å². The van der Waals surface area contributed by atoms with Crippen LogP contribution in [0.25, 0.3) is 11.3 Å². The SMILES string of the molecule is COCCCC[C@@](O)(c1ccccc1-c1ccccn1)C1CCCN(C(=O)[C@H]2C[C@@H](N)[C@@H](O)C2)C1. The van der Waals surface area contributed by atoms with E-state index in [0.717, 1.165) is 42.5 Å². The fourth-order valence-corrected chi connectivity index (χ4v) is 5.88. The summed E-state index contributed by atoms with van der Waals surface area (Å²) in [7, 11) is 1.69. The van der Waals surface area contributed by atoms with Gasteiger partial charge in [-0.25, -0.2) is 0 Å². The highest BCUT2D eigenvalue weighted by molar-refractivity contribution is 5.79. The molecule has 2 aliphatic rings. The fraction of sp³-hybridized carbons (Fsp3) is 0.571. The predicted octanol–water partition coefficient (Wildman–Crippen LogP) is 3.09. The van der Waals surface area contributed by atoms with Gasteiger partial charge in [-0.05, 0) is 62.6 Å². The molecular formula is C28H39N3O4. The molecule has 0 spiro atoms. The second-order valence-electron chi connectivity index (χ2n) is 10.2. The van der Waals surface area contributed by atoms with Gasteiger partial charge in [0.25, 0.3) is 0 Å². The maximum atomic E-state index is 13.3. The Hall–Kier alpha value is -2.32. The summed E-state index contributed by atoms with van der Waals surface area (Å²) in [5.41, 5.74) is 7.50. The molecular weight excluding hydrogens is 442 g/mol. The Morgan fingerprint density at radius 3 is 2.71 bits per heavy atom. The first kappa shape index (κ1) is 25.8. The molecule has 1 aliphatic heterocycles. The number of hydrogen-bond acceptors (Lipinski definition) is 6. The van der Waals surface area contributed by atoms with Crippen LogP contribution in [0.4, 0.5) is 0 Å². The monoisotopic (exact) mass is 481 g/mol. The summed E-state index contributed by atoms with van der Waals surface area (Å²) in [6, 6.07) is 13.4. The molecule has 2 aromatic rings. The molecule has 35 heavy (non-hydrogen) atoms. The number of carbonyl (C=O) groups excluding carboxylic acids is 1. The smallest absolute Gasteiger partial charge is 0.225 e. The molecule has 1 aromatic heterocycles. The van der Waals surface area contributed by atoms with E-state index in [9.17, 15) is 15.0 Å². The standard InChI is InChI=1S/C28H39N3O4/c1-35-16-7-5-13-28(34,23-11-3-2-10-22(23)25-12-4-6-14-30-25)21-9-8-15-31(19-21)27(33)20-17-24(29)26(32)18-20/h2-4,6,10-12,14,20-21,24,26,32,34H,5,7-9,13,15-19,29H2,1H3/t20-,21?,24+,26-,28-/m0/s1. The van der Waals surface area contributed by atoms with Gasteiger partial charge in [-0.3, -0.25) is 9.78 Å². The lowest BCUT2D eigenvalue weighted by Crippen LogP contribution is -2.49. The zero-order chi connectivity index (χ0) is 24.8. The van der Waals surface area contributed by atoms with E-state index >= 15 is 0 Å². The van der Waals surface area contributed by atoms with Crippen molar-refractivity contribution in [1.82, 2.24) is 9.88 Å². The average molecular weight is 482 g/mol. The van der Waals surface area contributed by atoms with Crippen LogP contribution in [0.3, 0.4) is 0 Å². The van der Waals surface area contributed by atoms with E-state index in [4.69, 9.17) is 10.5 Å². The van der Waals surface area contributed by atoms with Crippen molar-refractivity contribution >= 4 is 5.91 Å². The highest BCUT2D eigenvalue weighted by Gasteiger charge is 2.44. The Kier molecular flexibility index (Phi) is 8.55. The van der Waals surface area contributed by atoms with Crippen molar-refractivity contribution in [3.05, 3.63) is 54.2 Å². The zero-order valence-corrected chi connectivity index (χ0v) is 20.7. The van der Waals surface area contributed by atoms with E-state index in [1.807, 2.05) is 47.4 Å². The Bertz CT molecular complexity index is 962. The Labute approximate surface area is 208 Å². The molecule has 1 saturated heterocycles. The van der Waals surface area contributed by atoms with Gasteiger partial charge in [-0.15, -0.1) is 0 Å². The zero-order valence-electron chi connectivity index (χ0n) is 20.7. The summed E-state index contributed by atoms with van der Waals surface area (Å²) in [5.74, 6) is -0.289. The number of benzene rings is 1. The number of rotatable bonds is 9. The van der Waals surface area contributed by atoms with Crippen LogP contribution >= 0.6 is 0 Å². The molecule has 0 bridgehead atoms. The number of nitrogens with zero attached hydrogens (tertiary/aromatic N) is 2. The van der Waals surface area contributed by atoms with E-state index in [2.05, 4.69) is 4.98 Å². The number of hydrogen-bond donors (Lipinski definition) is 3. The molecule has 1 aliphatic carbocycles. The third-order valence-electron chi connectivity index (χ3n) is 7.83. The number of aliphatic hydroxyl groups excluding tert-OH is 1. The van der Waals surface area contributed by atoms with Gasteiger partial charge >= 0.3 is 0 Å². The maximum absolute atomic E-state index is 13.3. The number of amides is 1. The molecule has 1 aromatic carbocycles. The molecule has 0 radical (unpaired) electrons. The minimum absolute atomic E-state index is 0.0569. The van der Waals surface area contributed by atoms with Crippen molar-refractivity contribution in [2.45, 2.75) is 62.7 Å². The van der Waals surface area contributed by atoms with Gasteiger partial charge in [-0.2, -0.15) is 0 Å². The number of unbranched alkanes of at least 4 members (excludes halogenated alkanes) is 1. The third-order valence-corrected chi connectivity index (χ3v) is 7.83. The summed E-state index contributed by atoms with van der Waals surface area (Å²) < 4.78 is 5.25. The van der Waals surface area contributed by atoms with Gasteiger partial charge in [0, 0.05) is 56.4 Å². The molecule has 4 rings (SSSR count). The van der Waals surface area contributed by atoms with Crippen molar-refractivity contribution in [2.75, 3.05) is 26.8 Å². The lowest BCUT2D eigenvalue weighted by Gasteiger charge is -2.44. The number of aliphatic hydroxyl groups is 2. The molecule has 1 unspecified atom stereocenters. The quantitative estimate of drug-likeness (QED) is 0.475. The predicted molar refractivity (Wildman–Crippen MR) is 135 cm³/mol. The molecule has 2 heterocycles.